The smallest absolute Gasteiger partial charge is 0.274 e. The van der Waals surface area contributed by atoms with Gasteiger partial charge in [-0.15, -0.1) is 0 Å². The van der Waals surface area contributed by atoms with E-state index in [2.05, 4.69) is 25.1 Å². The first-order valence-corrected chi connectivity index (χ1v) is 5.60. The Morgan fingerprint density at radius 3 is 3.00 bits per heavy atom. The highest BCUT2D eigenvalue weighted by Gasteiger charge is 2.13. The van der Waals surface area contributed by atoms with Crippen LogP contribution in [0.25, 0.3) is 23.1 Å². The van der Waals surface area contributed by atoms with Crippen LogP contribution in [0.3, 0.4) is 0 Å². The molecule has 0 aliphatic heterocycles. The first kappa shape index (κ1) is 11.9. The summed E-state index contributed by atoms with van der Waals surface area (Å²) < 4.78 is 10.1. The highest BCUT2D eigenvalue weighted by Crippen LogP contribution is 2.21. The lowest BCUT2D eigenvalue weighted by Crippen LogP contribution is -1.91. The molecule has 8 nitrogen and oxygen atoms in total. The Morgan fingerprint density at radius 1 is 1.35 bits per heavy atom. The Balaban J connectivity index is 1.95. The van der Waals surface area contributed by atoms with Crippen molar-refractivity contribution in [1.82, 2.24) is 25.1 Å². The molecule has 0 saturated carbocycles. The number of aromatic nitrogens is 5. The monoisotopic (exact) mass is 268 g/mol. The van der Waals surface area contributed by atoms with E-state index in [1.807, 2.05) is 6.07 Å². The Bertz CT molecular complexity index is 785. The number of nitriles is 1. The third kappa shape index (κ3) is 2.08. The van der Waals surface area contributed by atoms with E-state index >= 15 is 0 Å². The van der Waals surface area contributed by atoms with Crippen LogP contribution in [0, 0.1) is 11.3 Å². The Labute approximate surface area is 113 Å². The van der Waals surface area contributed by atoms with Crippen LogP contribution in [-0.2, 0) is 0 Å². The Morgan fingerprint density at radius 2 is 2.25 bits per heavy atom. The van der Waals surface area contributed by atoms with Gasteiger partial charge in [0.1, 0.15) is 29.5 Å². The quantitative estimate of drug-likeness (QED) is 0.763. The van der Waals surface area contributed by atoms with Crippen molar-refractivity contribution >= 4 is 0 Å². The number of nitrogens with one attached hydrogen (secondary N) is 1. The molecule has 3 heterocycles. The maximum absolute atomic E-state index is 8.76. The maximum atomic E-state index is 8.76. The molecule has 1 N–H and O–H groups in total. The van der Waals surface area contributed by atoms with E-state index in [1.54, 1.807) is 18.2 Å². The van der Waals surface area contributed by atoms with Gasteiger partial charge < -0.3 is 14.2 Å². The van der Waals surface area contributed by atoms with Crippen molar-refractivity contribution in [3.8, 4) is 35.1 Å². The zero-order chi connectivity index (χ0) is 13.9. The molecule has 0 atom stereocenters. The average Bonchev–Trinajstić information content (AvgIpc) is 3.15. The zero-order valence-corrected chi connectivity index (χ0v) is 10.4. The molecular formula is C12H8N6O2. The van der Waals surface area contributed by atoms with E-state index in [9.17, 15) is 0 Å². The molecule has 0 radical (unpaired) electrons. The van der Waals surface area contributed by atoms with Crippen molar-refractivity contribution in [2.24, 2.45) is 0 Å². The van der Waals surface area contributed by atoms with Crippen LogP contribution >= 0.6 is 0 Å². The SMILES string of the molecule is COc1cc(-c2noc(-c3ccc(C#N)[nH]3)n2)ncn1. The summed E-state index contributed by atoms with van der Waals surface area (Å²) in [7, 11) is 1.51. The van der Waals surface area contributed by atoms with E-state index in [4.69, 9.17) is 14.5 Å². The van der Waals surface area contributed by atoms with Gasteiger partial charge in [0.25, 0.3) is 5.89 Å². The summed E-state index contributed by atoms with van der Waals surface area (Å²) in [6, 6.07) is 6.91. The van der Waals surface area contributed by atoms with Crippen LogP contribution in [-0.4, -0.2) is 32.2 Å². The van der Waals surface area contributed by atoms with Gasteiger partial charge >= 0.3 is 0 Å². The highest BCUT2D eigenvalue weighted by molar-refractivity contribution is 5.55. The summed E-state index contributed by atoms with van der Waals surface area (Å²) in [5.41, 5.74) is 1.48. The Hall–Kier alpha value is -3.21. The molecule has 0 aromatic carbocycles. The lowest BCUT2D eigenvalue weighted by Gasteiger charge is -1.97. The lowest BCUT2D eigenvalue weighted by molar-refractivity contribution is 0.397. The topological polar surface area (TPSA) is 114 Å². The summed E-state index contributed by atoms with van der Waals surface area (Å²) in [6.45, 7) is 0. The van der Waals surface area contributed by atoms with Gasteiger partial charge in [-0.3, -0.25) is 0 Å². The second-order valence-corrected chi connectivity index (χ2v) is 3.77. The van der Waals surface area contributed by atoms with Crippen LogP contribution in [0.5, 0.6) is 5.88 Å². The molecule has 3 rings (SSSR count). The standard InChI is InChI=1S/C12H8N6O2/c1-19-10-4-9(14-6-15-10)11-17-12(20-18-11)8-3-2-7(5-13)16-8/h2-4,6,16H,1H3. The van der Waals surface area contributed by atoms with Gasteiger partial charge in [-0.25, -0.2) is 9.97 Å². The van der Waals surface area contributed by atoms with Gasteiger partial charge in [-0.2, -0.15) is 10.2 Å². The zero-order valence-electron chi connectivity index (χ0n) is 10.4. The molecule has 3 aromatic rings. The maximum Gasteiger partial charge on any atom is 0.274 e. The minimum Gasteiger partial charge on any atom is -0.481 e. The summed E-state index contributed by atoms with van der Waals surface area (Å²) >= 11 is 0. The van der Waals surface area contributed by atoms with Crippen molar-refractivity contribution in [2.45, 2.75) is 0 Å². The molecule has 0 unspecified atom stereocenters. The van der Waals surface area contributed by atoms with E-state index in [-0.39, 0.29) is 5.89 Å². The predicted octanol–water partition coefficient (Wildman–Crippen LogP) is 1.40. The van der Waals surface area contributed by atoms with Gasteiger partial charge in [0.15, 0.2) is 0 Å². The van der Waals surface area contributed by atoms with Crippen molar-refractivity contribution in [1.29, 1.82) is 5.26 Å². The Kier molecular flexibility index (Phi) is 2.85. The number of hydrogen-bond acceptors (Lipinski definition) is 7. The fraction of sp³-hybridized carbons (Fsp3) is 0.0833. The van der Waals surface area contributed by atoms with Crippen LogP contribution < -0.4 is 4.74 Å². The van der Waals surface area contributed by atoms with Crippen LogP contribution in [0.4, 0.5) is 0 Å². The summed E-state index contributed by atoms with van der Waals surface area (Å²) in [5, 5.41) is 12.6. The number of ether oxygens (including phenoxy) is 1. The van der Waals surface area contributed by atoms with Gasteiger partial charge in [0, 0.05) is 6.07 Å². The molecular weight excluding hydrogens is 260 g/mol. The fourth-order valence-electron chi connectivity index (χ4n) is 1.60. The number of H-pyrrole nitrogens is 1. The number of nitrogens with zero attached hydrogens (tertiary/aromatic N) is 5. The van der Waals surface area contributed by atoms with E-state index < -0.39 is 0 Å². The van der Waals surface area contributed by atoms with Crippen molar-refractivity contribution in [3.63, 3.8) is 0 Å². The van der Waals surface area contributed by atoms with Crippen LogP contribution in [0.1, 0.15) is 5.69 Å². The fourth-order valence-corrected chi connectivity index (χ4v) is 1.60. The second kappa shape index (κ2) is 4.81. The number of aromatic amines is 1. The second-order valence-electron chi connectivity index (χ2n) is 3.77. The molecule has 0 amide bonds. The van der Waals surface area contributed by atoms with Crippen molar-refractivity contribution < 1.29 is 9.26 Å². The molecule has 98 valence electrons. The molecule has 0 aliphatic rings. The van der Waals surface area contributed by atoms with Crippen LogP contribution in [0.15, 0.2) is 29.0 Å². The minimum absolute atomic E-state index is 0.277. The third-order valence-electron chi connectivity index (χ3n) is 2.54. The van der Waals surface area contributed by atoms with E-state index in [0.717, 1.165) is 0 Å². The summed E-state index contributed by atoms with van der Waals surface area (Å²) in [4.78, 5) is 15.0. The van der Waals surface area contributed by atoms with Gasteiger partial charge in [-0.1, -0.05) is 5.16 Å². The van der Waals surface area contributed by atoms with Crippen LogP contribution in [0.2, 0.25) is 0 Å². The molecule has 3 aromatic heterocycles. The predicted molar refractivity (Wildman–Crippen MR) is 66.4 cm³/mol. The first-order valence-electron chi connectivity index (χ1n) is 5.60. The van der Waals surface area contributed by atoms with Gasteiger partial charge in [-0.05, 0) is 12.1 Å². The molecule has 0 bridgehead atoms. The molecule has 0 spiro atoms. The minimum atomic E-state index is 0.277. The molecule has 20 heavy (non-hydrogen) atoms. The van der Waals surface area contributed by atoms with Crippen molar-refractivity contribution in [2.75, 3.05) is 7.11 Å². The molecule has 0 fully saturated rings. The molecule has 8 heteroatoms. The largest absolute Gasteiger partial charge is 0.481 e. The normalized spacial score (nSPS) is 10.2. The molecule has 0 aliphatic carbocycles. The number of hydrogen-bond donors (Lipinski definition) is 1. The van der Waals surface area contributed by atoms with E-state index in [1.165, 1.54) is 13.4 Å². The lowest BCUT2D eigenvalue weighted by atomic mass is 10.4. The average molecular weight is 268 g/mol. The molecule has 0 saturated heterocycles. The summed E-state index contributed by atoms with van der Waals surface area (Å²) in [6.07, 6.45) is 1.35. The summed E-state index contributed by atoms with van der Waals surface area (Å²) in [5.74, 6) is 1.00. The van der Waals surface area contributed by atoms with Crippen molar-refractivity contribution in [3.05, 3.63) is 30.2 Å². The van der Waals surface area contributed by atoms with Gasteiger partial charge in [0.2, 0.25) is 11.7 Å². The number of methoxy groups -OCH3 is 1. The van der Waals surface area contributed by atoms with E-state index in [0.29, 0.717) is 28.8 Å². The number of rotatable bonds is 3. The highest BCUT2D eigenvalue weighted by atomic mass is 16.5. The first-order chi connectivity index (χ1) is 9.80. The van der Waals surface area contributed by atoms with Gasteiger partial charge in [0.05, 0.1) is 7.11 Å². The third-order valence-corrected chi connectivity index (χ3v) is 2.54.